The fraction of sp³-hybridized carbons (Fsp3) is 0.481. The molecule has 5 nitrogen and oxygen atoms in total. The van der Waals surface area contributed by atoms with Crippen LogP contribution in [0.3, 0.4) is 0 Å². The molecule has 0 bridgehead atoms. The maximum absolute atomic E-state index is 15.2. The van der Waals surface area contributed by atoms with Crippen LogP contribution in [0.1, 0.15) is 65.6 Å². The smallest absolute Gasteiger partial charge is 0.379 e. The summed E-state index contributed by atoms with van der Waals surface area (Å²) >= 11 is 0. The van der Waals surface area contributed by atoms with E-state index >= 15 is 4.39 Å². The number of halogens is 4. The Morgan fingerprint density at radius 1 is 1.14 bits per heavy atom. The van der Waals surface area contributed by atoms with E-state index in [1.54, 1.807) is 18.2 Å². The average Bonchev–Trinajstić information content (AvgIpc) is 3.54. The van der Waals surface area contributed by atoms with E-state index in [2.05, 4.69) is 0 Å². The number of alkyl halides is 3. The van der Waals surface area contributed by atoms with E-state index in [4.69, 9.17) is 10.5 Å². The number of ether oxygens (including phenoxy) is 1. The molecule has 5 rings (SSSR count). The number of amides is 2. The molecular weight excluding hydrogens is 476 g/mol. The maximum atomic E-state index is 15.2. The molecule has 3 fully saturated rings. The topological polar surface area (TPSA) is 72.6 Å². The van der Waals surface area contributed by atoms with Gasteiger partial charge in [0.2, 0.25) is 5.91 Å². The summed E-state index contributed by atoms with van der Waals surface area (Å²) in [5.74, 6) is -3.18. The zero-order valence-electron chi connectivity index (χ0n) is 19.9. The second-order valence-electron chi connectivity index (χ2n) is 10.5. The minimum absolute atomic E-state index is 0.00289. The third-order valence-electron chi connectivity index (χ3n) is 8.01. The molecule has 2 aromatic carbocycles. The molecule has 2 aromatic rings. The molecule has 0 spiro atoms. The Labute approximate surface area is 206 Å². The zero-order chi connectivity index (χ0) is 25.9. The molecule has 2 heterocycles. The minimum Gasteiger partial charge on any atom is -0.379 e. The van der Waals surface area contributed by atoms with Crippen LogP contribution >= 0.6 is 0 Å². The van der Waals surface area contributed by atoms with Crippen molar-refractivity contribution < 1.29 is 31.9 Å². The lowest BCUT2D eigenvalue weighted by Crippen LogP contribution is -2.60. The Hall–Kier alpha value is -2.94. The van der Waals surface area contributed by atoms with Crippen molar-refractivity contribution in [2.75, 3.05) is 19.8 Å². The van der Waals surface area contributed by atoms with E-state index in [0.29, 0.717) is 44.1 Å². The van der Waals surface area contributed by atoms with E-state index < -0.39 is 40.8 Å². The second-order valence-corrected chi connectivity index (χ2v) is 10.5. The first-order chi connectivity index (χ1) is 17.0. The van der Waals surface area contributed by atoms with E-state index in [0.717, 1.165) is 17.7 Å². The van der Waals surface area contributed by atoms with Crippen LogP contribution in [0.25, 0.3) is 0 Å². The number of nitrogens with zero attached hydrogens (tertiary/aromatic N) is 1. The van der Waals surface area contributed by atoms with Crippen LogP contribution in [-0.4, -0.2) is 42.0 Å². The lowest BCUT2D eigenvalue weighted by atomic mass is 9.73. The van der Waals surface area contributed by atoms with Gasteiger partial charge in [-0.3, -0.25) is 9.59 Å². The Balaban J connectivity index is 1.56. The van der Waals surface area contributed by atoms with Gasteiger partial charge in [0.1, 0.15) is 11.4 Å². The number of likely N-dealkylation sites (tertiary alicyclic amines) is 1. The van der Waals surface area contributed by atoms with Crippen molar-refractivity contribution in [3.05, 3.63) is 70.5 Å². The van der Waals surface area contributed by atoms with Crippen molar-refractivity contribution in [3.63, 3.8) is 0 Å². The van der Waals surface area contributed by atoms with Crippen LogP contribution in [0.4, 0.5) is 17.6 Å². The fourth-order valence-electron chi connectivity index (χ4n) is 5.90. The Bertz CT molecular complexity index is 1210. The van der Waals surface area contributed by atoms with Gasteiger partial charge in [0.15, 0.2) is 0 Å². The van der Waals surface area contributed by atoms with Gasteiger partial charge < -0.3 is 15.4 Å². The minimum atomic E-state index is -4.70. The van der Waals surface area contributed by atoms with Gasteiger partial charge in [-0.1, -0.05) is 25.1 Å². The highest BCUT2D eigenvalue weighted by Gasteiger charge is 2.59. The van der Waals surface area contributed by atoms with Gasteiger partial charge in [-0.2, -0.15) is 13.2 Å². The number of carbonyl (C=O) groups excluding carboxylic acids is 2. The van der Waals surface area contributed by atoms with Gasteiger partial charge in [0, 0.05) is 23.4 Å². The molecule has 0 radical (unpaired) electrons. The Kier molecular flexibility index (Phi) is 5.89. The molecular formula is C27H28F4N2O3. The highest BCUT2D eigenvalue weighted by molar-refractivity contribution is 6.00. The lowest BCUT2D eigenvalue weighted by molar-refractivity contribution is -0.138. The van der Waals surface area contributed by atoms with Crippen molar-refractivity contribution in [2.45, 2.75) is 55.7 Å². The SMILES string of the molecule is CC1(c2cccc(C(=O)N3CCC[C@@]3(C(N)=O)[C@@H](c3ccc(C(F)(F)F)cc3F)C3CC3)c2)COC1. The highest BCUT2D eigenvalue weighted by atomic mass is 19.4. The molecule has 1 aliphatic carbocycles. The number of carbonyl (C=O) groups is 2. The van der Waals surface area contributed by atoms with Crippen molar-refractivity contribution in [1.82, 2.24) is 4.90 Å². The van der Waals surface area contributed by atoms with E-state index in [1.165, 1.54) is 4.90 Å². The van der Waals surface area contributed by atoms with Gasteiger partial charge in [0.05, 0.1) is 18.8 Å². The number of benzene rings is 2. The largest absolute Gasteiger partial charge is 0.416 e. The summed E-state index contributed by atoms with van der Waals surface area (Å²) in [4.78, 5) is 28.4. The van der Waals surface area contributed by atoms with Crippen molar-refractivity contribution in [1.29, 1.82) is 0 Å². The maximum Gasteiger partial charge on any atom is 0.416 e. The summed E-state index contributed by atoms with van der Waals surface area (Å²) in [7, 11) is 0. The molecule has 3 aliphatic rings. The standard InChI is InChI=1S/C27H28F4N2O3/c1-25(14-36-15-25)18-5-2-4-17(12-18)23(34)33-11-3-10-26(33,24(32)35)22(16-6-7-16)20-9-8-19(13-21(20)28)27(29,30)31/h2,4-5,8-9,12-13,16,22H,3,6-7,10-11,14-15H2,1H3,(H2,32,35)/t22-,26+/m1/s1. The predicted octanol–water partition coefficient (Wildman–Crippen LogP) is 4.79. The van der Waals surface area contributed by atoms with Gasteiger partial charge >= 0.3 is 6.18 Å². The van der Waals surface area contributed by atoms with E-state index in [9.17, 15) is 22.8 Å². The summed E-state index contributed by atoms with van der Waals surface area (Å²) < 4.78 is 60.1. The van der Waals surface area contributed by atoms with Crippen LogP contribution in [0.5, 0.6) is 0 Å². The highest BCUT2D eigenvalue weighted by Crippen LogP contribution is 2.54. The predicted molar refractivity (Wildman–Crippen MR) is 124 cm³/mol. The third kappa shape index (κ3) is 3.97. The Morgan fingerprint density at radius 3 is 2.42 bits per heavy atom. The Morgan fingerprint density at radius 2 is 1.86 bits per heavy atom. The molecule has 2 aliphatic heterocycles. The molecule has 9 heteroatoms. The van der Waals surface area contributed by atoms with E-state index in [-0.39, 0.29) is 29.9 Å². The number of primary amides is 1. The molecule has 2 atom stereocenters. The summed E-state index contributed by atoms with van der Waals surface area (Å²) in [6.07, 6.45) is -2.64. The average molecular weight is 505 g/mol. The summed E-state index contributed by atoms with van der Waals surface area (Å²) in [5.41, 5.74) is 4.46. The molecule has 2 amide bonds. The fourth-order valence-corrected chi connectivity index (χ4v) is 5.90. The molecule has 2 saturated heterocycles. The van der Waals surface area contributed by atoms with Crippen LogP contribution < -0.4 is 5.73 Å². The van der Waals surface area contributed by atoms with Crippen molar-refractivity contribution in [3.8, 4) is 0 Å². The first-order valence-electron chi connectivity index (χ1n) is 12.1. The first-order valence-corrected chi connectivity index (χ1v) is 12.1. The lowest BCUT2D eigenvalue weighted by Gasteiger charge is -2.43. The monoisotopic (exact) mass is 504 g/mol. The van der Waals surface area contributed by atoms with Gasteiger partial charge in [-0.05, 0) is 67.0 Å². The van der Waals surface area contributed by atoms with Crippen molar-refractivity contribution in [2.24, 2.45) is 11.7 Å². The third-order valence-corrected chi connectivity index (χ3v) is 8.01. The van der Waals surface area contributed by atoms with Gasteiger partial charge in [-0.15, -0.1) is 0 Å². The summed E-state index contributed by atoms with van der Waals surface area (Å²) in [6, 6.07) is 9.56. The number of rotatable bonds is 6. The van der Waals surface area contributed by atoms with Gasteiger partial charge in [0.25, 0.3) is 5.91 Å². The van der Waals surface area contributed by atoms with Crippen LogP contribution in [-0.2, 0) is 21.1 Å². The summed E-state index contributed by atoms with van der Waals surface area (Å²) in [6.45, 7) is 3.37. The first kappa shape index (κ1) is 24.7. The molecule has 2 N–H and O–H groups in total. The molecule has 0 aromatic heterocycles. The zero-order valence-corrected chi connectivity index (χ0v) is 19.9. The van der Waals surface area contributed by atoms with Gasteiger partial charge in [-0.25, -0.2) is 4.39 Å². The molecule has 0 unspecified atom stereocenters. The second kappa shape index (κ2) is 8.57. The van der Waals surface area contributed by atoms with Crippen LogP contribution in [0.2, 0.25) is 0 Å². The van der Waals surface area contributed by atoms with E-state index in [1.807, 2.05) is 13.0 Å². The quantitative estimate of drug-likeness (QED) is 0.576. The number of nitrogens with two attached hydrogens (primary N) is 1. The normalized spacial score (nSPS) is 24.3. The van der Waals surface area contributed by atoms with Crippen LogP contribution in [0.15, 0.2) is 42.5 Å². The molecule has 1 saturated carbocycles. The number of hydrogen-bond donors (Lipinski definition) is 1. The number of hydrogen-bond acceptors (Lipinski definition) is 3. The molecule has 192 valence electrons. The van der Waals surface area contributed by atoms with Crippen molar-refractivity contribution >= 4 is 11.8 Å². The summed E-state index contributed by atoms with van der Waals surface area (Å²) in [5, 5.41) is 0. The van der Waals surface area contributed by atoms with Crippen LogP contribution in [0, 0.1) is 11.7 Å². The molecule has 36 heavy (non-hydrogen) atoms.